The minimum absolute atomic E-state index is 0. The number of hydrogen-bond donors (Lipinski definition) is 3. The van der Waals surface area contributed by atoms with Crippen molar-refractivity contribution in [3.8, 4) is 23.7 Å². The van der Waals surface area contributed by atoms with Crippen molar-refractivity contribution in [3.05, 3.63) is 57.6 Å². The maximum absolute atomic E-state index is 13.1. The van der Waals surface area contributed by atoms with Gasteiger partial charge in [0.15, 0.2) is 0 Å². The van der Waals surface area contributed by atoms with Crippen LogP contribution >= 0.6 is 23.2 Å². The normalized spacial score (nSPS) is 15.6. The monoisotopic (exact) mass is 608 g/mol. The van der Waals surface area contributed by atoms with E-state index < -0.39 is 34.9 Å². The Bertz CT molecular complexity index is 1310. The van der Waals surface area contributed by atoms with Crippen LogP contribution in [-0.2, 0) is 5.60 Å². The molecule has 0 radical (unpaired) electrons. The standard InChI is InChI=1S/C13H11ClF3NO.C8H5ClF3NO.C6H8.CH4/c14-9-3-4-11(18)10(7-9)12(19,13(15,16)17)6-5-8-1-2-8;9-4-1-2-6(13)5(3-4)7(14)8(10,11)12;1-2-3-6-4-5-6;/h3-4,7-8,19H,1-2,18H2;1-3H,13H2;6H,4-5H2,1H3;1H4/t12-;;;/m0.../s1. The topological polar surface area (TPSA) is 89.3 Å². The molecule has 2 aromatic carbocycles. The number of benzene rings is 2. The molecular weight excluding hydrogens is 581 g/mol. The van der Waals surface area contributed by atoms with E-state index in [0.29, 0.717) is 0 Å². The third-order valence-corrected chi connectivity index (χ3v) is 5.76. The van der Waals surface area contributed by atoms with E-state index >= 15 is 0 Å². The number of nitrogens with two attached hydrogens (primary N) is 2. The molecule has 0 saturated heterocycles. The number of anilines is 2. The minimum atomic E-state index is -4.95. The molecule has 218 valence electrons. The van der Waals surface area contributed by atoms with Crippen molar-refractivity contribution in [3.63, 3.8) is 0 Å². The van der Waals surface area contributed by atoms with E-state index in [-0.39, 0.29) is 34.8 Å². The first kappa shape index (κ1) is 35.0. The predicted octanol–water partition coefficient (Wildman–Crippen LogP) is 7.81. The van der Waals surface area contributed by atoms with E-state index in [0.717, 1.165) is 37.0 Å². The Morgan fingerprint density at radius 2 is 1.35 bits per heavy atom. The van der Waals surface area contributed by atoms with Crippen molar-refractivity contribution >= 4 is 40.4 Å². The summed E-state index contributed by atoms with van der Waals surface area (Å²) in [4.78, 5) is 10.8. The van der Waals surface area contributed by atoms with Gasteiger partial charge in [-0.2, -0.15) is 26.3 Å². The number of Topliss-reactive ketones (excluding diaryl/α,β-unsaturated/α-hetero) is 1. The van der Waals surface area contributed by atoms with E-state index in [1.807, 2.05) is 12.8 Å². The lowest BCUT2D eigenvalue weighted by atomic mass is 9.92. The fourth-order valence-electron chi connectivity index (χ4n) is 2.88. The average Bonchev–Trinajstić information content (AvgIpc) is 3.76. The number of carbonyl (C=O) groups excluding carboxylic acids is 1. The Balaban J connectivity index is 0.000000333. The van der Waals surface area contributed by atoms with Crippen molar-refractivity contribution in [1.29, 1.82) is 0 Å². The van der Waals surface area contributed by atoms with Crippen molar-refractivity contribution in [2.24, 2.45) is 11.8 Å². The molecule has 0 heterocycles. The number of hydrogen-bond acceptors (Lipinski definition) is 4. The predicted molar refractivity (Wildman–Crippen MR) is 145 cm³/mol. The molecule has 0 aromatic heterocycles. The molecule has 12 heteroatoms. The molecule has 1 atom stereocenters. The summed E-state index contributed by atoms with van der Waals surface area (Å²) in [5.74, 6) is 9.03. The number of rotatable bonds is 2. The summed E-state index contributed by atoms with van der Waals surface area (Å²) in [6.07, 6.45) is -5.67. The van der Waals surface area contributed by atoms with Gasteiger partial charge >= 0.3 is 12.4 Å². The van der Waals surface area contributed by atoms with Crippen LogP contribution < -0.4 is 11.5 Å². The third kappa shape index (κ3) is 10.2. The molecule has 0 amide bonds. The van der Waals surface area contributed by atoms with E-state index in [9.17, 15) is 36.2 Å². The molecule has 2 aliphatic carbocycles. The first-order chi connectivity index (χ1) is 18.0. The Labute approximate surface area is 239 Å². The van der Waals surface area contributed by atoms with Crippen LogP contribution in [0.15, 0.2) is 36.4 Å². The lowest BCUT2D eigenvalue weighted by Crippen LogP contribution is -2.41. The quantitative estimate of drug-likeness (QED) is 0.140. The van der Waals surface area contributed by atoms with Gasteiger partial charge < -0.3 is 16.6 Å². The smallest absolute Gasteiger partial charge is 0.398 e. The molecule has 0 spiro atoms. The van der Waals surface area contributed by atoms with Gasteiger partial charge in [0, 0.05) is 38.8 Å². The van der Waals surface area contributed by atoms with E-state index in [1.165, 1.54) is 31.0 Å². The van der Waals surface area contributed by atoms with Gasteiger partial charge in [-0.3, -0.25) is 4.79 Å². The molecule has 2 fully saturated rings. The maximum atomic E-state index is 13.1. The third-order valence-electron chi connectivity index (χ3n) is 5.29. The second-order valence-electron chi connectivity index (χ2n) is 8.71. The number of halogens is 8. The van der Waals surface area contributed by atoms with Crippen LogP contribution in [0.2, 0.25) is 10.0 Å². The molecule has 2 saturated carbocycles. The minimum Gasteiger partial charge on any atom is -0.398 e. The lowest BCUT2D eigenvalue weighted by Gasteiger charge is -2.27. The van der Waals surface area contributed by atoms with Crippen LogP contribution in [0.4, 0.5) is 37.7 Å². The van der Waals surface area contributed by atoms with Gasteiger partial charge in [-0.05, 0) is 69.0 Å². The summed E-state index contributed by atoms with van der Waals surface area (Å²) < 4.78 is 75.4. The number of carbonyl (C=O) groups is 1. The van der Waals surface area contributed by atoms with Crippen LogP contribution in [0.5, 0.6) is 0 Å². The summed E-state index contributed by atoms with van der Waals surface area (Å²) in [7, 11) is 0. The number of alkyl halides is 6. The molecule has 40 heavy (non-hydrogen) atoms. The highest BCUT2D eigenvalue weighted by atomic mass is 35.5. The van der Waals surface area contributed by atoms with Crippen molar-refractivity contribution < 1.29 is 36.2 Å². The summed E-state index contributed by atoms with van der Waals surface area (Å²) in [6, 6.07) is 6.92. The van der Waals surface area contributed by atoms with E-state index in [2.05, 4.69) is 17.8 Å². The zero-order valence-corrected chi connectivity index (χ0v) is 22.0. The van der Waals surface area contributed by atoms with E-state index in [4.69, 9.17) is 34.7 Å². The van der Waals surface area contributed by atoms with Crippen LogP contribution in [0, 0.1) is 35.5 Å². The van der Waals surface area contributed by atoms with Crippen molar-refractivity contribution in [2.45, 2.75) is 58.0 Å². The molecule has 0 aliphatic heterocycles. The largest absolute Gasteiger partial charge is 0.454 e. The molecule has 0 bridgehead atoms. The Kier molecular flexibility index (Phi) is 12.3. The Morgan fingerprint density at radius 1 is 0.875 bits per heavy atom. The first-order valence-electron chi connectivity index (χ1n) is 11.5. The molecule has 0 unspecified atom stereocenters. The second-order valence-corrected chi connectivity index (χ2v) is 9.58. The first-order valence-corrected chi connectivity index (χ1v) is 12.2. The fraction of sp³-hybridized carbons (Fsp3) is 0.393. The van der Waals surface area contributed by atoms with Crippen LogP contribution in [0.25, 0.3) is 0 Å². The van der Waals surface area contributed by atoms with Gasteiger partial charge in [0.25, 0.3) is 5.78 Å². The fourth-order valence-corrected chi connectivity index (χ4v) is 3.22. The summed E-state index contributed by atoms with van der Waals surface area (Å²) in [5, 5.41) is 10.1. The lowest BCUT2D eigenvalue weighted by molar-refractivity contribution is -0.240. The molecular formula is C28H28Cl2F6N2O2. The highest BCUT2D eigenvalue weighted by Crippen LogP contribution is 2.42. The highest BCUT2D eigenvalue weighted by Gasteiger charge is 2.55. The van der Waals surface area contributed by atoms with Crippen molar-refractivity contribution in [2.75, 3.05) is 11.5 Å². The van der Waals surface area contributed by atoms with Crippen molar-refractivity contribution in [1.82, 2.24) is 0 Å². The van der Waals surface area contributed by atoms with E-state index in [1.54, 1.807) is 0 Å². The average molecular weight is 609 g/mol. The highest BCUT2D eigenvalue weighted by molar-refractivity contribution is 6.31. The zero-order valence-electron chi connectivity index (χ0n) is 20.5. The number of aliphatic hydroxyl groups is 1. The molecule has 5 N–H and O–H groups in total. The van der Waals surface area contributed by atoms with Gasteiger partial charge in [0.2, 0.25) is 5.60 Å². The maximum Gasteiger partial charge on any atom is 0.454 e. The molecule has 2 aliphatic rings. The Hall–Kier alpha value is -3.05. The summed E-state index contributed by atoms with van der Waals surface area (Å²) >= 11 is 11.1. The van der Waals surface area contributed by atoms with Gasteiger partial charge in [-0.1, -0.05) is 42.5 Å². The second kappa shape index (κ2) is 14.0. The van der Waals surface area contributed by atoms with Gasteiger partial charge in [-0.15, -0.1) is 11.8 Å². The van der Waals surface area contributed by atoms with Gasteiger partial charge in [0.1, 0.15) is 0 Å². The molecule has 4 nitrogen and oxygen atoms in total. The summed E-state index contributed by atoms with van der Waals surface area (Å²) in [5.41, 5.74) is 5.84. The van der Waals surface area contributed by atoms with Crippen LogP contribution in [0.3, 0.4) is 0 Å². The van der Waals surface area contributed by atoms with Crippen LogP contribution in [0.1, 0.15) is 56.0 Å². The molecule has 4 rings (SSSR count). The number of nitrogen functional groups attached to an aromatic ring is 2. The van der Waals surface area contributed by atoms with Crippen LogP contribution in [-0.4, -0.2) is 23.2 Å². The van der Waals surface area contributed by atoms with Gasteiger partial charge in [0.05, 0.1) is 5.56 Å². The SMILES string of the molecule is C.CC#CC1CC1.Nc1ccc(Cl)cc1C(=O)C(F)(F)F.Nc1ccc(Cl)cc1[C@@](O)(C#CC1CC1)C(F)(F)F. The zero-order chi connectivity index (χ0) is 29.6. The van der Waals surface area contributed by atoms with Gasteiger partial charge in [-0.25, -0.2) is 0 Å². The molecule has 2 aromatic rings. The summed E-state index contributed by atoms with van der Waals surface area (Å²) in [6.45, 7) is 1.90. The number of ketones is 1. The Morgan fingerprint density at radius 3 is 1.77 bits per heavy atom.